The lowest BCUT2D eigenvalue weighted by molar-refractivity contribution is 0.214. The second-order valence-corrected chi connectivity index (χ2v) is 4.54. The van der Waals surface area contributed by atoms with Crippen molar-refractivity contribution in [2.24, 2.45) is 0 Å². The molecule has 2 rings (SSSR count). The van der Waals surface area contributed by atoms with Crippen LogP contribution in [0.5, 0.6) is 0 Å². The first-order chi connectivity index (χ1) is 8.21. The van der Waals surface area contributed by atoms with E-state index in [-0.39, 0.29) is 17.7 Å². The van der Waals surface area contributed by atoms with Crippen LogP contribution in [-0.2, 0) is 0 Å². The van der Waals surface area contributed by atoms with Crippen LogP contribution in [0.15, 0.2) is 18.2 Å². The third-order valence-corrected chi connectivity index (χ3v) is 3.39. The van der Waals surface area contributed by atoms with Crippen molar-refractivity contribution in [1.82, 2.24) is 0 Å². The van der Waals surface area contributed by atoms with Gasteiger partial charge in [-0.3, -0.25) is 0 Å². The molecule has 1 aromatic carbocycles. The molecule has 0 unspecified atom stereocenters. The molecule has 3 nitrogen and oxygen atoms in total. The lowest BCUT2D eigenvalue weighted by Crippen LogP contribution is -2.39. The van der Waals surface area contributed by atoms with E-state index < -0.39 is 5.82 Å². The Hall–Kier alpha value is -1.60. The smallest absolute Gasteiger partial charge is 0.143 e. The fourth-order valence-electron chi connectivity index (χ4n) is 2.40. The third-order valence-electron chi connectivity index (χ3n) is 3.39. The lowest BCUT2D eigenvalue weighted by Gasteiger charge is -2.29. The highest BCUT2D eigenvalue weighted by Gasteiger charge is 2.33. The third kappa shape index (κ3) is 2.25. The predicted octanol–water partition coefficient (Wildman–Crippen LogP) is 2.41. The SMILES string of the molecule is N#Cc1c(F)cccc1NC1(CO)CCCC1. The van der Waals surface area contributed by atoms with Gasteiger partial charge in [0.05, 0.1) is 17.8 Å². The Labute approximate surface area is 99.9 Å². The maximum atomic E-state index is 13.4. The number of benzene rings is 1. The molecule has 0 saturated heterocycles. The number of rotatable bonds is 3. The number of hydrogen-bond donors (Lipinski definition) is 2. The van der Waals surface area contributed by atoms with E-state index in [1.54, 1.807) is 12.1 Å². The maximum absolute atomic E-state index is 13.4. The van der Waals surface area contributed by atoms with Gasteiger partial charge in [0.15, 0.2) is 0 Å². The molecule has 1 aromatic rings. The van der Waals surface area contributed by atoms with E-state index in [2.05, 4.69) is 5.32 Å². The molecule has 1 aliphatic carbocycles. The summed E-state index contributed by atoms with van der Waals surface area (Å²) in [6.07, 6.45) is 3.80. The molecule has 4 heteroatoms. The summed E-state index contributed by atoms with van der Waals surface area (Å²) >= 11 is 0. The number of nitrogens with one attached hydrogen (secondary N) is 1. The zero-order chi connectivity index (χ0) is 12.3. The molecule has 0 bridgehead atoms. The van der Waals surface area contributed by atoms with Gasteiger partial charge in [0.1, 0.15) is 17.4 Å². The van der Waals surface area contributed by atoms with Crippen molar-refractivity contribution in [2.75, 3.05) is 11.9 Å². The summed E-state index contributed by atoms with van der Waals surface area (Å²) in [4.78, 5) is 0. The highest BCUT2D eigenvalue weighted by Crippen LogP contribution is 2.34. The Morgan fingerprint density at radius 1 is 1.41 bits per heavy atom. The largest absolute Gasteiger partial charge is 0.394 e. The molecule has 0 aromatic heterocycles. The van der Waals surface area contributed by atoms with Crippen molar-refractivity contribution in [1.29, 1.82) is 5.26 Å². The minimum absolute atomic E-state index is 0.00832. The van der Waals surface area contributed by atoms with Crippen molar-refractivity contribution in [3.8, 4) is 6.07 Å². The lowest BCUT2D eigenvalue weighted by atomic mass is 9.97. The number of aliphatic hydroxyl groups excluding tert-OH is 1. The fraction of sp³-hybridized carbons (Fsp3) is 0.462. The van der Waals surface area contributed by atoms with Crippen molar-refractivity contribution in [2.45, 2.75) is 31.2 Å². The van der Waals surface area contributed by atoms with Gasteiger partial charge in [-0.15, -0.1) is 0 Å². The minimum atomic E-state index is -0.524. The van der Waals surface area contributed by atoms with Gasteiger partial charge in [0.2, 0.25) is 0 Å². The standard InChI is InChI=1S/C13H15FN2O/c14-11-4-3-5-12(10(11)8-15)16-13(9-17)6-1-2-7-13/h3-5,16-17H,1-2,6-7,9H2. The topological polar surface area (TPSA) is 56.0 Å². The molecular formula is C13H15FN2O. The second-order valence-electron chi connectivity index (χ2n) is 4.54. The van der Waals surface area contributed by atoms with E-state index in [1.165, 1.54) is 6.07 Å². The molecule has 0 spiro atoms. The highest BCUT2D eigenvalue weighted by atomic mass is 19.1. The zero-order valence-electron chi connectivity index (χ0n) is 9.54. The van der Waals surface area contributed by atoms with Crippen LogP contribution in [0.25, 0.3) is 0 Å². The van der Waals surface area contributed by atoms with Gasteiger partial charge in [-0.1, -0.05) is 18.9 Å². The van der Waals surface area contributed by atoms with Gasteiger partial charge in [0.25, 0.3) is 0 Å². The first kappa shape index (κ1) is 11.9. The molecule has 0 aliphatic heterocycles. The maximum Gasteiger partial charge on any atom is 0.143 e. The summed E-state index contributed by atoms with van der Waals surface area (Å²) in [7, 11) is 0. The molecule has 2 N–H and O–H groups in total. The van der Waals surface area contributed by atoms with Gasteiger partial charge in [0, 0.05) is 0 Å². The van der Waals surface area contributed by atoms with E-state index >= 15 is 0 Å². The van der Waals surface area contributed by atoms with Crippen molar-refractivity contribution in [3.63, 3.8) is 0 Å². The van der Waals surface area contributed by atoms with Gasteiger partial charge in [-0.2, -0.15) is 5.26 Å². The monoisotopic (exact) mass is 234 g/mol. The molecule has 90 valence electrons. The molecule has 0 atom stereocenters. The van der Waals surface area contributed by atoms with Crippen LogP contribution in [0.3, 0.4) is 0 Å². The average molecular weight is 234 g/mol. The summed E-state index contributed by atoms with van der Waals surface area (Å²) < 4.78 is 13.4. The van der Waals surface area contributed by atoms with Crippen LogP contribution >= 0.6 is 0 Å². The molecule has 1 aliphatic rings. The molecule has 0 heterocycles. The van der Waals surface area contributed by atoms with E-state index in [1.807, 2.05) is 6.07 Å². The van der Waals surface area contributed by atoms with Crippen molar-refractivity contribution >= 4 is 5.69 Å². The van der Waals surface area contributed by atoms with E-state index in [0.717, 1.165) is 25.7 Å². The molecule has 0 amide bonds. The van der Waals surface area contributed by atoms with Crippen LogP contribution in [0.2, 0.25) is 0 Å². The van der Waals surface area contributed by atoms with Crippen molar-refractivity contribution in [3.05, 3.63) is 29.6 Å². The normalized spacial score (nSPS) is 17.7. The second kappa shape index (κ2) is 4.72. The van der Waals surface area contributed by atoms with Crippen LogP contribution in [-0.4, -0.2) is 17.3 Å². The van der Waals surface area contributed by atoms with E-state index in [4.69, 9.17) is 5.26 Å². The number of halogens is 1. The Balaban J connectivity index is 2.30. The molecule has 1 fully saturated rings. The first-order valence-corrected chi connectivity index (χ1v) is 5.78. The van der Waals surface area contributed by atoms with Gasteiger partial charge in [-0.05, 0) is 25.0 Å². The van der Waals surface area contributed by atoms with Crippen LogP contribution in [0.4, 0.5) is 10.1 Å². The summed E-state index contributed by atoms with van der Waals surface area (Å²) in [6, 6.07) is 6.37. The quantitative estimate of drug-likeness (QED) is 0.844. The molecule has 1 saturated carbocycles. The Bertz CT molecular complexity index is 447. The van der Waals surface area contributed by atoms with E-state index in [0.29, 0.717) is 5.69 Å². The molecule has 17 heavy (non-hydrogen) atoms. The average Bonchev–Trinajstić information content (AvgIpc) is 2.79. The number of anilines is 1. The van der Waals surface area contributed by atoms with Gasteiger partial charge >= 0.3 is 0 Å². The molecular weight excluding hydrogens is 219 g/mol. The van der Waals surface area contributed by atoms with Crippen molar-refractivity contribution < 1.29 is 9.50 Å². The summed E-state index contributed by atoms with van der Waals surface area (Å²) in [6.45, 7) is 0.00832. The Morgan fingerprint density at radius 2 is 2.12 bits per heavy atom. The van der Waals surface area contributed by atoms with Crippen LogP contribution in [0, 0.1) is 17.1 Å². The Morgan fingerprint density at radius 3 is 2.71 bits per heavy atom. The number of nitriles is 1. The van der Waals surface area contributed by atoms with Crippen LogP contribution in [0.1, 0.15) is 31.2 Å². The fourth-order valence-corrected chi connectivity index (χ4v) is 2.40. The minimum Gasteiger partial charge on any atom is -0.394 e. The summed E-state index contributed by atoms with van der Waals surface area (Å²) in [5, 5.41) is 21.6. The first-order valence-electron chi connectivity index (χ1n) is 5.78. The van der Waals surface area contributed by atoms with Gasteiger partial charge in [-0.25, -0.2) is 4.39 Å². The predicted molar refractivity (Wildman–Crippen MR) is 63.0 cm³/mol. The zero-order valence-corrected chi connectivity index (χ0v) is 9.54. The summed E-state index contributed by atoms with van der Waals surface area (Å²) in [5.74, 6) is -0.524. The summed E-state index contributed by atoms with van der Waals surface area (Å²) in [5.41, 5.74) is 0.107. The number of nitrogens with zero attached hydrogens (tertiary/aromatic N) is 1. The number of aliphatic hydroxyl groups is 1. The molecule has 0 radical (unpaired) electrons. The van der Waals surface area contributed by atoms with Crippen LogP contribution < -0.4 is 5.32 Å². The van der Waals surface area contributed by atoms with Gasteiger partial charge < -0.3 is 10.4 Å². The number of hydrogen-bond acceptors (Lipinski definition) is 3. The highest BCUT2D eigenvalue weighted by molar-refractivity contribution is 5.59. The van der Waals surface area contributed by atoms with E-state index in [9.17, 15) is 9.50 Å². The Kier molecular flexibility index (Phi) is 3.30.